The molecular weight excluding hydrogens is 380 g/mol. The molecule has 5 fully saturated rings. The van der Waals surface area contributed by atoms with Crippen molar-refractivity contribution in [3.05, 3.63) is 18.2 Å². The van der Waals surface area contributed by atoms with E-state index in [9.17, 15) is 9.59 Å². The Kier molecular flexibility index (Phi) is 4.91. The molecule has 4 bridgehead atoms. The molecule has 1 aromatic rings. The Morgan fingerprint density at radius 2 is 1.63 bits per heavy atom. The van der Waals surface area contributed by atoms with E-state index in [-0.39, 0.29) is 23.3 Å². The molecule has 1 heterocycles. The van der Waals surface area contributed by atoms with Crippen molar-refractivity contribution < 1.29 is 19.1 Å². The highest BCUT2D eigenvalue weighted by Gasteiger charge is 2.56. The van der Waals surface area contributed by atoms with E-state index < -0.39 is 0 Å². The van der Waals surface area contributed by atoms with Crippen LogP contribution in [0.1, 0.15) is 51.4 Å². The van der Waals surface area contributed by atoms with Crippen LogP contribution in [0.2, 0.25) is 0 Å². The van der Waals surface area contributed by atoms with Gasteiger partial charge in [0.15, 0.2) is 11.5 Å². The van der Waals surface area contributed by atoms with Crippen molar-refractivity contribution in [2.24, 2.45) is 23.2 Å². The largest absolute Gasteiger partial charge is 0.493 e. The number of hydrogen-bond acceptors (Lipinski definition) is 4. The predicted molar refractivity (Wildman–Crippen MR) is 114 cm³/mol. The Hall–Kier alpha value is -2.24. The van der Waals surface area contributed by atoms with Crippen molar-refractivity contribution in [3.63, 3.8) is 0 Å². The first-order valence-corrected chi connectivity index (χ1v) is 11.4. The monoisotopic (exact) mass is 412 g/mol. The second-order valence-corrected chi connectivity index (χ2v) is 9.91. The topological polar surface area (TPSA) is 67.9 Å². The summed E-state index contributed by atoms with van der Waals surface area (Å²) in [4.78, 5) is 28.8. The lowest BCUT2D eigenvalue weighted by Gasteiger charge is -2.56. The van der Waals surface area contributed by atoms with Crippen LogP contribution in [-0.2, 0) is 9.59 Å². The molecule has 5 aliphatic rings. The van der Waals surface area contributed by atoms with Gasteiger partial charge in [-0.3, -0.25) is 9.59 Å². The van der Waals surface area contributed by atoms with Crippen molar-refractivity contribution in [3.8, 4) is 11.5 Å². The van der Waals surface area contributed by atoms with E-state index in [0.29, 0.717) is 23.7 Å². The zero-order valence-electron chi connectivity index (χ0n) is 18.0. The van der Waals surface area contributed by atoms with Crippen molar-refractivity contribution in [1.29, 1.82) is 0 Å². The van der Waals surface area contributed by atoms with Crippen molar-refractivity contribution in [1.82, 2.24) is 4.90 Å². The number of amides is 2. The van der Waals surface area contributed by atoms with Crippen molar-refractivity contribution in [2.75, 3.05) is 26.1 Å². The molecular formula is C24H32N2O4. The maximum Gasteiger partial charge on any atom is 0.247 e. The average Bonchev–Trinajstić information content (AvgIpc) is 3.22. The summed E-state index contributed by atoms with van der Waals surface area (Å²) in [5, 5.41) is 3.00. The van der Waals surface area contributed by atoms with Gasteiger partial charge in [-0.2, -0.15) is 0 Å². The molecule has 0 unspecified atom stereocenters. The summed E-state index contributed by atoms with van der Waals surface area (Å²) in [5.74, 6) is 3.52. The third-order valence-electron chi connectivity index (χ3n) is 7.96. The second kappa shape index (κ2) is 7.47. The SMILES string of the molecule is COc1ccc(NC(=O)[C@H]2CCCN2C(=O)C23CC4CC(CC(C4)C2)C3)cc1OC. The van der Waals surface area contributed by atoms with Crippen LogP contribution in [0.3, 0.4) is 0 Å². The number of carbonyl (C=O) groups excluding carboxylic acids is 2. The number of benzene rings is 1. The number of ether oxygens (including phenoxy) is 2. The van der Waals surface area contributed by atoms with Gasteiger partial charge in [-0.25, -0.2) is 0 Å². The summed E-state index contributed by atoms with van der Waals surface area (Å²) in [7, 11) is 3.16. The van der Waals surface area contributed by atoms with Gasteiger partial charge in [0.2, 0.25) is 11.8 Å². The van der Waals surface area contributed by atoms with Gasteiger partial charge in [0.05, 0.1) is 19.6 Å². The number of methoxy groups -OCH3 is 2. The molecule has 30 heavy (non-hydrogen) atoms. The number of likely N-dealkylation sites (tertiary alicyclic amines) is 1. The van der Waals surface area contributed by atoms with Gasteiger partial charge in [-0.1, -0.05) is 0 Å². The summed E-state index contributed by atoms with van der Waals surface area (Å²) < 4.78 is 10.6. The molecule has 6 heteroatoms. The Morgan fingerprint density at radius 1 is 1.00 bits per heavy atom. The Morgan fingerprint density at radius 3 is 2.23 bits per heavy atom. The summed E-state index contributed by atoms with van der Waals surface area (Å²) in [5.41, 5.74) is 0.466. The summed E-state index contributed by atoms with van der Waals surface area (Å²) in [6, 6.07) is 4.97. The molecule has 1 saturated heterocycles. The third kappa shape index (κ3) is 3.25. The molecule has 0 radical (unpaired) electrons. The Bertz CT molecular complexity index is 816. The van der Waals surface area contributed by atoms with Crippen LogP contribution in [0.4, 0.5) is 5.69 Å². The first-order valence-electron chi connectivity index (χ1n) is 11.4. The highest BCUT2D eigenvalue weighted by atomic mass is 16.5. The third-order valence-corrected chi connectivity index (χ3v) is 7.96. The zero-order valence-corrected chi connectivity index (χ0v) is 18.0. The van der Waals surface area contributed by atoms with Crippen LogP contribution in [0.15, 0.2) is 18.2 Å². The Labute approximate surface area is 178 Å². The maximum absolute atomic E-state index is 13.8. The molecule has 1 atom stereocenters. The minimum atomic E-state index is -0.376. The first-order chi connectivity index (χ1) is 14.5. The lowest BCUT2D eigenvalue weighted by Crippen LogP contribution is -2.56. The van der Waals surface area contributed by atoms with E-state index in [1.807, 2.05) is 4.90 Å². The van der Waals surface area contributed by atoms with E-state index in [1.54, 1.807) is 32.4 Å². The molecule has 0 spiro atoms. The fourth-order valence-corrected chi connectivity index (χ4v) is 7.10. The van der Waals surface area contributed by atoms with E-state index in [1.165, 1.54) is 19.3 Å². The highest BCUT2D eigenvalue weighted by molar-refractivity contribution is 5.98. The molecule has 1 aromatic carbocycles. The molecule has 6 rings (SSSR count). The fraction of sp³-hybridized carbons (Fsp3) is 0.667. The van der Waals surface area contributed by atoms with Gasteiger partial charge < -0.3 is 19.7 Å². The van der Waals surface area contributed by atoms with Crippen LogP contribution in [-0.4, -0.2) is 43.5 Å². The molecule has 4 aliphatic carbocycles. The number of carbonyl (C=O) groups is 2. The quantitative estimate of drug-likeness (QED) is 0.798. The number of nitrogens with one attached hydrogen (secondary N) is 1. The number of anilines is 1. The lowest BCUT2D eigenvalue weighted by molar-refractivity contribution is -0.160. The van der Waals surface area contributed by atoms with Gasteiger partial charge in [-0.05, 0) is 81.3 Å². The molecule has 4 saturated carbocycles. The highest BCUT2D eigenvalue weighted by Crippen LogP contribution is 2.60. The van der Waals surface area contributed by atoms with Crippen LogP contribution < -0.4 is 14.8 Å². The smallest absolute Gasteiger partial charge is 0.247 e. The van der Waals surface area contributed by atoms with Gasteiger partial charge in [0.25, 0.3) is 0 Å². The van der Waals surface area contributed by atoms with E-state index in [4.69, 9.17) is 9.47 Å². The molecule has 0 aromatic heterocycles. The maximum atomic E-state index is 13.8. The molecule has 1 aliphatic heterocycles. The number of hydrogen-bond donors (Lipinski definition) is 1. The van der Waals surface area contributed by atoms with Crippen LogP contribution in [0.25, 0.3) is 0 Å². The minimum absolute atomic E-state index is 0.0993. The van der Waals surface area contributed by atoms with Crippen LogP contribution >= 0.6 is 0 Å². The summed E-state index contributed by atoms with van der Waals surface area (Å²) >= 11 is 0. The van der Waals surface area contributed by atoms with Crippen molar-refractivity contribution >= 4 is 17.5 Å². The van der Waals surface area contributed by atoms with Crippen molar-refractivity contribution in [2.45, 2.75) is 57.4 Å². The number of rotatable bonds is 5. The molecule has 2 amide bonds. The number of nitrogens with zero attached hydrogens (tertiary/aromatic N) is 1. The molecule has 6 nitrogen and oxygen atoms in total. The van der Waals surface area contributed by atoms with E-state index in [2.05, 4.69) is 5.32 Å². The van der Waals surface area contributed by atoms with E-state index in [0.717, 1.165) is 49.9 Å². The summed E-state index contributed by atoms with van der Waals surface area (Å²) in [6.07, 6.45) is 8.69. The Balaban J connectivity index is 1.31. The van der Waals surface area contributed by atoms with Gasteiger partial charge in [-0.15, -0.1) is 0 Å². The van der Waals surface area contributed by atoms with Crippen LogP contribution in [0, 0.1) is 23.2 Å². The molecule has 162 valence electrons. The standard InChI is InChI=1S/C24H32N2O4/c1-29-20-6-5-18(11-21(20)30-2)25-22(27)19-4-3-7-26(19)23(28)24-12-15-8-16(13-24)10-17(9-15)14-24/h5-6,11,15-17,19H,3-4,7-10,12-14H2,1-2H3,(H,25,27)/t15?,16?,17?,19-,24?/m1/s1. The van der Waals surface area contributed by atoms with Gasteiger partial charge >= 0.3 is 0 Å². The first kappa shape index (κ1) is 19.7. The van der Waals surface area contributed by atoms with E-state index >= 15 is 0 Å². The lowest BCUT2D eigenvalue weighted by atomic mass is 9.49. The van der Waals surface area contributed by atoms with Gasteiger partial charge in [0.1, 0.15) is 6.04 Å². The fourth-order valence-electron chi connectivity index (χ4n) is 7.10. The van der Waals surface area contributed by atoms with Crippen LogP contribution in [0.5, 0.6) is 11.5 Å². The zero-order chi connectivity index (χ0) is 20.9. The normalized spacial score (nSPS) is 34.1. The predicted octanol–water partition coefficient (Wildman–Crippen LogP) is 3.85. The minimum Gasteiger partial charge on any atom is -0.493 e. The second-order valence-electron chi connectivity index (χ2n) is 9.91. The summed E-state index contributed by atoms with van der Waals surface area (Å²) in [6.45, 7) is 0.699. The average molecular weight is 413 g/mol. The van der Waals surface area contributed by atoms with Gasteiger partial charge in [0, 0.05) is 18.3 Å². The molecule has 1 N–H and O–H groups in total.